The maximum Gasteiger partial charge on any atom is 0.274 e. The van der Waals surface area contributed by atoms with Crippen molar-refractivity contribution in [3.8, 4) is 5.88 Å². The number of carbonyl (C=O) groups is 1. The number of aryl methyl sites for hydroxylation is 1. The summed E-state index contributed by atoms with van der Waals surface area (Å²) < 4.78 is 1.28. The third-order valence-electron chi connectivity index (χ3n) is 5.32. The van der Waals surface area contributed by atoms with Crippen LogP contribution in [0.5, 0.6) is 5.88 Å². The summed E-state index contributed by atoms with van der Waals surface area (Å²) in [5.74, 6) is -1.10. The van der Waals surface area contributed by atoms with E-state index in [1.165, 1.54) is 23.7 Å². The molecular weight excluding hydrogens is 344 g/mol. The molecule has 1 aliphatic rings. The van der Waals surface area contributed by atoms with E-state index in [-0.39, 0.29) is 5.56 Å². The number of rotatable bonds is 6. The number of piperidine rings is 1. The van der Waals surface area contributed by atoms with E-state index >= 15 is 0 Å². The molecule has 7 heteroatoms. The molecule has 0 aliphatic carbocycles. The predicted octanol–water partition coefficient (Wildman–Crippen LogP) is 2.09. The highest BCUT2D eigenvalue weighted by Gasteiger charge is 2.21. The smallest absolute Gasteiger partial charge is 0.274 e. The van der Waals surface area contributed by atoms with Crippen LogP contribution in [0.1, 0.15) is 54.9 Å². The predicted molar refractivity (Wildman–Crippen MR) is 104 cm³/mol. The third kappa shape index (κ3) is 4.30. The number of likely N-dealkylation sites (tertiary alicyclic amines) is 1. The number of fused-ring (bicyclic) bond motifs is 1. The minimum absolute atomic E-state index is 0.305. The summed E-state index contributed by atoms with van der Waals surface area (Å²) in [5.41, 5.74) is 0.379. The molecule has 146 valence electrons. The Hall–Kier alpha value is -2.41. The monoisotopic (exact) mass is 372 g/mol. The van der Waals surface area contributed by atoms with Gasteiger partial charge in [0.15, 0.2) is 5.56 Å². The van der Waals surface area contributed by atoms with Crippen LogP contribution in [0.2, 0.25) is 0 Å². The lowest BCUT2D eigenvalue weighted by molar-refractivity contribution is 0.0942. The Morgan fingerprint density at radius 2 is 2.22 bits per heavy atom. The van der Waals surface area contributed by atoms with Crippen LogP contribution in [0.15, 0.2) is 23.1 Å². The van der Waals surface area contributed by atoms with Crippen LogP contribution in [-0.2, 0) is 0 Å². The van der Waals surface area contributed by atoms with Crippen molar-refractivity contribution in [3.63, 3.8) is 0 Å². The molecule has 7 nitrogen and oxygen atoms in total. The van der Waals surface area contributed by atoms with Gasteiger partial charge in [0.25, 0.3) is 11.5 Å². The van der Waals surface area contributed by atoms with E-state index in [2.05, 4.69) is 22.1 Å². The van der Waals surface area contributed by atoms with Gasteiger partial charge in [-0.2, -0.15) is 4.98 Å². The second kappa shape index (κ2) is 8.52. The maximum absolute atomic E-state index is 12.6. The number of aromatic hydroxyl groups is 1. The number of carbonyl (C=O) groups excluding carboxylic acids is 1. The van der Waals surface area contributed by atoms with Crippen molar-refractivity contribution in [2.75, 3.05) is 19.6 Å². The molecule has 0 aromatic carbocycles. The molecule has 0 radical (unpaired) electrons. The number of nitrogens with zero attached hydrogens (tertiary/aromatic N) is 3. The van der Waals surface area contributed by atoms with Crippen LogP contribution in [0.25, 0.3) is 5.65 Å². The molecule has 0 saturated carbocycles. The average Bonchev–Trinajstić information content (AvgIpc) is 2.65. The first-order valence-electron chi connectivity index (χ1n) is 9.75. The molecule has 3 rings (SSSR count). The standard InChI is InChI=1S/C20H28N4O3/c1-3-15-7-4-5-10-23(15)11-6-9-21-18(25)17-19(26)22-16-13-14(2)8-12-24(16)20(17)27/h8,12-13,15,26H,3-7,9-11H2,1-2H3,(H,21,25)/t15-/m0/s1. The Kier molecular flexibility index (Phi) is 6.11. The Morgan fingerprint density at radius 1 is 1.41 bits per heavy atom. The SMILES string of the molecule is CC[C@H]1CCCCN1CCCNC(=O)c1c(O)nc2cc(C)ccn2c1=O. The lowest BCUT2D eigenvalue weighted by atomic mass is 10.00. The van der Waals surface area contributed by atoms with Gasteiger partial charge in [0.2, 0.25) is 5.88 Å². The Morgan fingerprint density at radius 3 is 3.00 bits per heavy atom. The molecule has 2 N–H and O–H groups in total. The average molecular weight is 372 g/mol. The van der Waals surface area contributed by atoms with Crippen molar-refractivity contribution >= 4 is 11.6 Å². The van der Waals surface area contributed by atoms with Gasteiger partial charge in [0.05, 0.1) is 0 Å². The molecule has 0 unspecified atom stereocenters. The number of pyridine rings is 1. The minimum atomic E-state index is -0.578. The largest absolute Gasteiger partial charge is 0.493 e. The highest BCUT2D eigenvalue weighted by molar-refractivity contribution is 5.96. The maximum atomic E-state index is 12.6. The molecule has 0 spiro atoms. The number of hydrogen-bond donors (Lipinski definition) is 2. The molecule has 27 heavy (non-hydrogen) atoms. The number of hydrogen-bond acceptors (Lipinski definition) is 5. The molecule has 0 bridgehead atoms. The van der Waals surface area contributed by atoms with Crippen LogP contribution in [-0.4, -0.2) is 51.0 Å². The van der Waals surface area contributed by atoms with Crippen LogP contribution in [0, 0.1) is 6.92 Å². The summed E-state index contributed by atoms with van der Waals surface area (Å²) in [6.07, 6.45) is 7.30. The van der Waals surface area contributed by atoms with Gasteiger partial charge in [-0.25, -0.2) is 0 Å². The van der Waals surface area contributed by atoms with Crippen LogP contribution < -0.4 is 10.9 Å². The third-order valence-corrected chi connectivity index (χ3v) is 5.32. The highest BCUT2D eigenvalue weighted by atomic mass is 16.3. The number of nitrogens with one attached hydrogen (secondary N) is 1. The second-order valence-electron chi connectivity index (χ2n) is 7.25. The first-order valence-corrected chi connectivity index (χ1v) is 9.75. The van der Waals surface area contributed by atoms with Gasteiger partial charge < -0.3 is 15.3 Å². The lowest BCUT2D eigenvalue weighted by Gasteiger charge is -2.35. The van der Waals surface area contributed by atoms with Gasteiger partial charge in [0, 0.05) is 25.3 Å². The van der Waals surface area contributed by atoms with Crippen molar-refractivity contribution in [1.29, 1.82) is 0 Å². The topological polar surface area (TPSA) is 86.9 Å². The summed E-state index contributed by atoms with van der Waals surface area (Å²) in [7, 11) is 0. The Labute approximate surface area is 159 Å². The van der Waals surface area contributed by atoms with Crippen molar-refractivity contribution in [3.05, 3.63) is 39.8 Å². The van der Waals surface area contributed by atoms with E-state index in [0.717, 1.165) is 31.5 Å². The molecule has 1 saturated heterocycles. The quantitative estimate of drug-likeness (QED) is 0.758. The molecule has 3 heterocycles. The van der Waals surface area contributed by atoms with Crippen LogP contribution in [0.4, 0.5) is 0 Å². The van der Waals surface area contributed by atoms with Gasteiger partial charge in [-0.1, -0.05) is 13.3 Å². The molecule has 1 atom stereocenters. The normalized spacial score (nSPS) is 17.9. The van der Waals surface area contributed by atoms with Gasteiger partial charge in [-0.05, 0) is 56.8 Å². The molecule has 2 aromatic heterocycles. The summed E-state index contributed by atoms with van der Waals surface area (Å²) in [4.78, 5) is 31.5. The van der Waals surface area contributed by atoms with Crippen molar-refractivity contribution in [2.45, 2.75) is 52.0 Å². The second-order valence-corrected chi connectivity index (χ2v) is 7.25. The zero-order chi connectivity index (χ0) is 19.4. The Bertz CT molecular complexity index is 877. The fourth-order valence-electron chi connectivity index (χ4n) is 3.82. The summed E-state index contributed by atoms with van der Waals surface area (Å²) in [6, 6.07) is 4.08. The van der Waals surface area contributed by atoms with E-state index < -0.39 is 17.3 Å². The van der Waals surface area contributed by atoms with Crippen LogP contribution in [0.3, 0.4) is 0 Å². The van der Waals surface area contributed by atoms with Gasteiger partial charge in [0.1, 0.15) is 5.65 Å². The first-order chi connectivity index (χ1) is 13.0. The Balaban J connectivity index is 1.63. The summed E-state index contributed by atoms with van der Waals surface area (Å²) in [6.45, 7) is 6.59. The zero-order valence-electron chi connectivity index (χ0n) is 16.1. The first kappa shape index (κ1) is 19.4. The zero-order valence-corrected chi connectivity index (χ0v) is 16.1. The van der Waals surface area contributed by atoms with Crippen molar-refractivity contribution in [2.24, 2.45) is 0 Å². The molecule has 1 amide bonds. The van der Waals surface area contributed by atoms with E-state index in [4.69, 9.17) is 0 Å². The van der Waals surface area contributed by atoms with E-state index in [0.29, 0.717) is 18.2 Å². The molecule has 1 aliphatic heterocycles. The lowest BCUT2D eigenvalue weighted by Crippen LogP contribution is -2.41. The van der Waals surface area contributed by atoms with Crippen molar-refractivity contribution in [1.82, 2.24) is 19.6 Å². The summed E-state index contributed by atoms with van der Waals surface area (Å²) in [5, 5.41) is 12.8. The van der Waals surface area contributed by atoms with Crippen LogP contribution >= 0.6 is 0 Å². The number of aromatic nitrogens is 2. The fourth-order valence-corrected chi connectivity index (χ4v) is 3.82. The molecular formula is C20H28N4O3. The molecule has 2 aromatic rings. The van der Waals surface area contributed by atoms with E-state index in [1.54, 1.807) is 18.3 Å². The highest BCUT2D eigenvalue weighted by Crippen LogP contribution is 2.19. The van der Waals surface area contributed by atoms with Gasteiger partial charge in [-0.3, -0.25) is 14.0 Å². The van der Waals surface area contributed by atoms with Gasteiger partial charge in [-0.15, -0.1) is 0 Å². The minimum Gasteiger partial charge on any atom is -0.493 e. The number of amides is 1. The van der Waals surface area contributed by atoms with Crippen molar-refractivity contribution < 1.29 is 9.90 Å². The van der Waals surface area contributed by atoms with E-state index in [9.17, 15) is 14.7 Å². The summed E-state index contributed by atoms with van der Waals surface area (Å²) >= 11 is 0. The molecule has 1 fully saturated rings. The van der Waals surface area contributed by atoms with Gasteiger partial charge >= 0.3 is 0 Å². The van der Waals surface area contributed by atoms with E-state index in [1.807, 2.05) is 6.92 Å². The fraction of sp³-hybridized carbons (Fsp3) is 0.550.